The van der Waals surface area contributed by atoms with Gasteiger partial charge < -0.3 is 10.6 Å². The standard InChI is InChI=1S/C21H16ClN3O2S/c22-15-6-9-16(10-7-15)24-21-25-20(27)18(28-21)12-19(26)23-17-8-5-13-3-1-2-4-14(13)11-17/h1-11,18H,12H2,(H,23,26)(H,24,25,27)/t18-/m0/s1. The molecule has 0 aliphatic carbocycles. The Hall–Kier alpha value is -2.83. The van der Waals surface area contributed by atoms with Crippen molar-refractivity contribution in [1.29, 1.82) is 0 Å². The van der Waals surface area contributed by atoms with E-state index in [4.69, 9.17) is 11.6 Å². The van der Waals surface area contributed by atoms with Crippen LogP contribution in [0.25, 0.3) is 10.8 Å². The van der Waals surface area contributed by atoms with Gasteiger partial charge in [0.05, 0.1) is 5.69 Å². The largest absolute Gasteiger partial charge is 0.326 e. The maximum Gasteiger partial charge on any atom is 0.240 e. The lowest BCUT2D eigenvalue weighted by Crippen LogP contribution is -2.28. The summed E-state index contributed by atoms with van der Waals surface area (Å²) in [6.07, 6.45) is 0.0724. The molecule has 28 heavy (non-hydrogen) atoms. The minimum absolute atomic E-state index is 0.0724. The molecule has 0 saturated carbocycles. The van der Waals surface area contributed by atoms with E-state index in [0.29, 0.717) is 21.6 Å². The van der Waals surface area contributed by atoms with Gasteiger partial charge in [-0.15, -0.1) is 0 Å². The number of nitrogens with one attached hydrogen (secondary N) is 2. The van der Waals surface area contributed by atoms with E-state index in [-0.39, 0.29) is 18.2 Å². The maximum atomic E-state index is 12.4. The van der Waals surface area contributed by atoms with Crippen LogP contribution < -0.4 is 10.6 Å². The van der Waals surface area contributed by atoms with Crippen molar-refractivity contribution in [3.8, 4) is 0 Å². The lowest BCUT2D eigenvalue weighted by Gasteiger charge is -2.08. The quantitative estimate of drug-likeness (QED) is 0.653. The highest BCUT2D eigenvalue weighted by atomic mass is 35.5. The first-order chi connectivity index (χ1) is 13.6. The van der Waals surface area contributed by atoms with E-state index in [0.717, 1.165) is 10.8 Å². The van der Waals surface area contributed by atoms with Gasteiger partial charge >= 0.3 is 0 Å². The van der Waals surface area contributed by atoms with E-state index in [2.05, 4.69) is 15.6 Å². The lowest BCUT2D eigenvalue weighted by molar-refractivity contribution is -0.122. The van der Waals surface area contributed by atoms with Crippen molar-refractivity contribution < 1.29 is 9.59 Å². The Morgan fingerprint density at radius 1 is 1.07 bits per heavy atom. The van der Waals surface area contributed by atoms with Crippen LogP contribution in [0, 0.1) is 0 Å². The molecular formula is C21H16ClN3O2S. The van der Waals surface area contributed by atoms with Crippen LogP contribution in [0.5, 0.6) is 0 Å². The van der Waals surface area contributed by atoms with Crippen LogP contribution in [-0.4, -0.2) is 22.2 Å². The molecule has 0 radical (unpaired) electrons. The Morgan fingerprint density at radius 2 is 1.82 bits per heavy atom. The molecule has 2 amide bonds. The van der Waals surface area contributed by atoms with Gasteiger partial charge in [0, 0.05) is 17.1 Å². The first-order valence-electron chi connectivity index (χ1n) is 8.67. The number of rotatable bonds is 4. The number of hydrogen-bond acceptors (Lipinski definition) is 4. The smallest absolute Gasteiger partial charge is 0.240 e. The molecule has 0 bridgehead atoms. The molecule has 7 heteroatoms. The van der Waals surface area contributed by atoms with Crippen LogP contribution in [-0.2, 0) is 9.59 Å². The number of hydrogen-bond donors (Lipinski definition) is 2. The third-order valence-electron chi connectivity index (χ3n) is 4.24. The molecule has 4 rings (SSSR count). The summed E-state index contributed by atoms with van der Waals surface area (Å²) in [4.78, 5) is 29.0. The van der Waals surface area contributed by atoms with Crippen molar-refractivity contribution in [2.24, 2.45) is 4.99 Å². The van der Waals surface area contributed by atoms with Gasteiger partial charge in [0.2, 0.25) is 11.8 Å². The van der Waals surface area contributed by atoms with Gasteiger partial charge in [0.1, 0.15) is 5.25 Å². The molecule has 1 fully saturated rings. The fourth-order valence-corrected chi connectivity index (χ4v) is 3.99. The normalized spacial score (nSPS) is 17.7. The highest BCUT2D eigenvalue weighted by molar-refractivity contribution is 8.15. The van der Waals surface area contributed by atoms with E-state index in [1.165, 1.54) is 11.8 Å². The Morgan fingerprint density at radius 3 is 2.61 bits per heavy atom. The number of aliphatic imine (C=N–C) groups is 1. The summed E-state index contributed by atoms with van der Waals surface area (Å²) in [6, 6.07) is 20.7. The Kier molecular flexibility index (Phi) is 5.32. The summed E-state index contributed by atoms with van der Waals surface area (Å²) in [5.41, 5.74) is 1.40. The highest BCUT2D eigenvalue weighted by Gasteiger charge is 2.32. The average Bonchev–Trinajstić information content (AvgIpc) is 3.02. The van der Waals surface area contributed by atoms with Crippen molar-refractivity contribution in [1.82, 2.24) is 5.32 Å². The number of amides is 2. The molecular weight excluding hydrogens is 394 g/mol. The fraction of sp³-hybridized carbons (Fsp3) is 0.0952. The zero-order chi connectivity index (χ0) is 19.5. The predicted octanol–water partition coefficient (Wildman–Crippen LogP) is 4.74. The highest BCUT2D eigenvalue weighted by Crippen LogP contribution is 2.26. The van der Waals surface area contributed by atoms with Crippen molar-refractivity contribution in [3.63, 3.8) is 0 Å². The topological polar surface area (TPSA) is 70.6 Å². The van der Waals surface area contributed by atoms with Crippen LogP contribution in [0.15, 0.2) is 71.7 Å². The number of nitrogens with zero attached hydrogens (tertiary/aromatic N) is 1. The number of amidine groups is 1. The second-order valence-corrected chi connectivity index (χ2v) is 7.93. The fourth-order valence-electron chi connectivity index (χ4n) is 2.87. The van der Waals surface area contributed by atoms with Crippen LogP contribution in [0.4, 0.5) is 11.4 Å². The molecule has 0 unspecified atom stereocenters. The Balaban J connectivity index is 1.39. The van der Waals surface area contributed by atoms with Gasteiger partial charge in [-0.2, -0.15) is 0 Å². The number of carbonyl (C=O) groups excluding carboxylic acids is 2. The number of benzene rings is 3. The molecule has 2 N–H and O–H groups in total. The summed E-state index contributed by atoms with van der Waals surface area (Å²) < 4.78 is 0. The van der Waals surface area contributed by atoms with Crippen LogP contribution in [0.2, 0.25) is 5.02 Å². The van der Waals surface area contributed by atoms with E-state index in [1.807, 2.05) is 42.5 Å². The monoisotopic (exact) mass is 409 g/mol. The summed E-state index contributed by atoms with van der Waals surface area (Å²) in [5.74, 6) is -0.429. The van der Waals surface area contributed by atoms with E-state index < -0.39 is 5.25 Å². The van der Waals surface area contributed by atoms with Crippen molar-refractivity contribution in [2.75, 3.05) is 5.32 Å². The summed E-state index contributed by atoms with van der Waals surface area (Å²) in [6.45, 7) is 0. The Bertz CT molecular complexity index is 1080. The summed E-state index contributed by atoms with van der Waals surface area (Å²) >= 11 is 7.12. The van der Waals surface area contributed by atoms with Gasteiger partial charge in [-0.1, -0.05) is 53.7 Å². The van der Waals surface area contributed by atoms with Crippen LogP contribution in [0.3, 0.4) is 0 Å². The summed E-state index contributed by atoms with van der Waals surface area (Å²) in [5, 5.41) is 8.33. The maximum absolute atomic E-state index is 12.4. The molecule has 0 spiro atoms. The predicted molar refractivity (Wildman–Crippen MR) is 115 cm³/mol. The van der Waals surface area contributed by atoms with Gasteiger partial charge in [-0.25, -0.2) is 4.99 Å². The van der Waals surface area contributed by atoms with Gasteiger partial charge in [-0.3, -0.25) is 9.59 Å². The second kappa shape index (κ2) is 8.04. The number of carbonyl (C=O) groups is 2. The van der Waals surface area contributed by atoms with Crippen molar-refractivity contribution in [3.05, 3.63) is 71.8 Å². The van der Waals surface area contributed by atoms with Crippen molar-refractivity contribution in [2.45, 2.75) is 11.7 Å². The molecule has 140 valence electrons. The summed E-state index contributed by atoms with van der Waals surface area (Å²) in [7, 11) is 0. The Labute approximate surface area is 171 Å². The molecule has 1 atom stereocenters. The SMILES string of the molecule is O=C(C[C@@H]1SC(=Nc2ccc(Cl)cc2)NC1=O)Nc1ccc2ccccc2c1. The minimum Gasteiger partial charge on any atom is -0.326 e. The molecule has 0 aromatic heterocycles. The average molecular weight is 410 g/mol. The number of thioether (sulfide) groups is 1. The molecule has 3 aromatic carbocycles. The van der Waals surface area contributed by atoms with E-state index in [9.17, 15) is 9.59 Å². The molecule has 3 aromatic rings. The molecule has 5 nitrogen and oxygen atoms in total. The van der Waals surface area contributed by atoms with Gasteiger partial charge in [0.25, 0.3) is 0 Å². The van der Waals surface area contributed by atoms with Crippen LogP contribution in [0.1, 0.15) is 6.42 Å². The molecule has 1 heterocycles. The third kappa shape index (κ3) is 4.35. The second-order valence-electron chi connectivity index (χ2n) is 6.30. The third-order valence-corrected chi connectivity index (χ3v) is 5.57. The lowest BCUT2D eigenvalue weighted by atomic mass is 10.1. The van der Waals surface area contributed by atoms with E-state index in [1.54, 1.807) is 24.3 Å². The first kappa shape index (κ1) is 18.5. The van der Waals surface area contributed by atoms with Gasteiger partial charge in [-0.05, 0) is 47.2 Å². The minimum atomic E-state index is -0.508. The molecule has 1 aliphatic rings. The van der Waals surface area contributed by atoms with Gasteiger partial charge in [0.15, 0.2) is 5.17 Å². The van der Waals surface area contributed by atoms with Crippen molar-refractivity contribution >= 4 is 62.5 Å². The zero-order valence-electron chi connectivity index (χ0n) is 14.7. The van der Waals surface area contributed by atoms with E-state index >= 15 is 0 Å². The number of fused-ring (bicyclic) bond motifs is 1. The van der Waals surface area contributed by atoms with Crippen LogP contribution >= 0.6 is 23.4 Å². The molecule has 1 aliphatic heterocycles. The molecule has 1 saturated heterocycles. The number of halogens is 1. The first-order valence-corrected chi connectivity index (χ1v) is 9.93. The number of anilines is 1. The zero-order valence-corrected chi connectivity index (χ0v) is 16.3.